The number of fused-ring (bicyclic) bond motifs is 5. The van der Waals surface area contributed by atoms with Gasteiger partial charge in [-0.15, -0.1) is 0 Å². The van der Waals surface area contributed by atoms with Gasteiger partial charge in [0.05, 0.1) is 17.1 Å². The third-order valence-corrected chi connectivity index (χ3v) is 11.5. The summed E-state index contributed by atoms with van der Waals surface area (Å²) in [7, 11) is 0. The van der Waals surface area contributed by atoms with Crippen molar-refractivity contribution in [3.63, 3.8) is 0 Å². The van der Waals surface area contributed by atoms with Crippen LogP contribution in [-0.2, 0) is 0 Å². The van der Waals surface area contributed by atoms with Gasteiger partial charge in [-0.25, -0.2) is 0 Å². The molecule has 0 aliphatic rings. The zero-order chi connectivity index (χ0) is 38.4. The molecule has 0 fully saturated rings. The minimum atomic E-state index is 0.846. The van der Waals surface area contributed by atoms with Gasteiger partial charge in [0.2, 0.25) is 0 Å². The third kappa shape index (κ3) is 5.57. The Kier molecular flexibility index (Phi) is 8.19. The fourth-order valence-electron chi connectivity index (χ4n) is 8.94. The smallest absolute Gasteiger partial charge is 0.159 e. The number of benzene rings is 10. The van der Waals surface area contributed by atoms with Crippen LogP contribution in [-0.4, -0.2) is 0 Å². The molecule has 11 aromatic rings. The summed E-state index contributed by atoms with van der Waals surface area (Å²) in [6.07, 6.45) is 0. The fourth-order valence-corrected chi connectivity index (χ4v) is 8.94. The van der Waals surface area contributed by atoms with Gasteiger partial charge in [0, 0.05) is 21.9 Å². The van der Waals surface area contributed by atoms with E-state index in [4.69, 9.17) is 4.42 Å². The first-order valence-corrected chi connectivity index (χ1v) is 19.9. The number of hydrogen-bond acceptors (Lipinski definition) is 2. The normalized spacial score (nSPS) is 11.4. The Balaban J connectivity index is 1.23. The van der Waals surface area contributed by atoms with Gasteiger partial charge >= 0.3 is 0 Å². The van der Waals surface area contributed by atoms with Crippen LogP contribution in [0.5, 0.6) is 0 Å². The average molecular weight is 740 g/mol. The first kappa shape index (κ1) is 33.6. The molecule has 0 saturated heterocycles. The van der Waals surface area contributed by atoms with Crippen LogP contribution in [0.2, 0.25) is 0 Å². The summed E-state index contributed by atoms with van der Waals surface area (Å²) in [5, 5.41) is 7.03. The van der Waals surface area contributed by atoms with Gasteiger partial charge in [0.25, 0.3) is 0 Å². The summed E-state index contributed by atoms with van der Waals surface area (Å²) in [5.41, 5.74) is 14.2. The molecule has 0 aliphatic carbocycles. The van der Waals surface area contributed by atoms with E-state index in [-0.39, 0.29) is 0 Å². The van der Waals surface area contributed by atoms with Crippen molar-refractivity contribution in [2.75, 3.05) is 4.90 Å². The third-order valence-electron chi connectivity index (χ3n) is 11.5. The Morgan fingerprint density at radius 1 is 0.276 bits per heavy atom. The Labute approximate surface area is 337 Å². The van der Waals surface area contributed by atoms with Gasteiger partial charge in [-0.2, -0.15) is 0 Å². The Morgan fingerprint density at radius 3 is 1.22 bits per heavy atom. The number of para-hydroxylation sites is 4. The van der Waals surface area contributed by atoms with Crippen LogP contribution in [0.1, 0.15) is 0 Å². The zero-order valence-electron chi connectivity index (χ0n) is 31.7. The standard InChI is InChI=1S/C56H37NO/c1-3-18-38(19-4-1)42-29-13-22-40-24-15-31-47(54(40)42)44-26-7-10-34-50(44)57(52-36-17-33-49-46-28-9-12-37-53(46)58-56(49)52)51-35-11-8-27-45(51)48-32-16-25-41-23-14-30-43(55(41)48)39-20-5-2-6-21-39/h1-37H. The quantitative estimate of drug-likeness (QED) is 0.162. The summed E-state index contributed by atoms with van der Waals surface area (Å²) in [6.45, 7) is 0. The molecule has 0 atom stereocenters. The topological polar surface area (TPSA) is 16.4 Å². The predicted molar refractivity (Wildman–Crippen MR) is 245 cm³/mol. The maximum Gasteiger partial charge on any atom is 0.159 e. The van der Waals surface area contributed by atoms with E-state index in [0.29, 0.717) is 0 Å². The highest BCUT2D eigenvalue weighted by Gasteiger charge is 2.26. The summed E-state index contributed by atoms with van der Waals surface area (Å²) in [6, 6.07) is 80.7. The highest BCUT2D eigenvalue weighted by molar-refractivity contribution is 6.14. The summed E-state index contributed by atoms with van der Waals surface area (Å²) in [4.78, 5) is 2.43. The van der Waals surface area contributed by atoms with E-state index in [1.54, 1.807) is 0 Å². The van der Waals surface area contributed by atoms with E-state index in [2.05, 4.69) is 223 Å². The molecule has 0 saturated carbocycles. The zero-order valence-corrected chi connectivity index (χ0v) is 31.7. The van der Waals surface area contributed by atoms with Crippen molar-refractivity contribution in [1.29, 1.82) is 0 Å². The highest BCUT2D eigenvalue weighted by atomic mass is 16.3. The van der Waals surface area contributed by atoms with Crippen LogP contribution in [0.15, 0.2) is 229 Å². The van der Waals surface area contributed by atoms with Crippen molar-refractivity contribution in [1.82, 2.24) is 0 Å². The van der Waals surface area contributed by atoms with Crippen LogP contribution in [0, 0.1) is 0 Å². The van der Waals surface area contributed by atoms with Crippen molar-refractivity contribution in [3.8, 4) is 44.5 Å². The molecule has 272 valence electrons. The van der Waals surface area contributed by atoms with Gasteiger partial charge < -0.3 is 9.32 Å². The summed E-state index contributed by atoms with van der Waals surface area (Å²) >= 11 is 0. The van der Waals surface area contributed by atoms with Crippen molar-refractivity contribution in [2.45, 2.75) is 0 Å². The molecule has 0 spiro atoms. The molecule has 0 bridgehead atoms. The summed E-state index contributed by atoms with van der Waals surface area (Å²) in [5.74, 6) is 0. The molecular weight excluding hydrogens is 703 g/mol. The van der Waals surface area contributed by atoms with Crippen LogP contribution >= 0.6 is 0 Å². The molecule has 0 radical (unpaired) electrons. The molecule has 11 rings (SSSR count). The molecule has 0 aliphatic heterocycles. The lowest BCUT2D eigenvalue weighted by Crippen LogP contribution is -2.13. The lowest BCUT2D eigenvalue weighted by Gasteiger charge is -2.30. The maximum atomic E-state index is 6.85. The highest BCUT2D eigenvalue weighted by Crippen LogP contribution is 2.50. The number of nitrogens with zero attached hydrogens (tertiary/aromatic N) is 1. The van der Waals surface area contributed by atoms with Gasteiger partial charge in [-0.1, -0.05) is 200 Å². The fraction of sp³-hybridized carbons (Fsp3) is 0. The molecule has 58 heavy (non-hydrogen) atoms. The van der Waals surface area contributed by atoms with Crippen molar-refractivity contribution < 1.29 is 4.42 Å². The molecule has 0 unspecified atom stereocenters. The Bertz CT molecular complexity index is 3110. The first-order valence-electron chi connectivity index (χ1n) is 19.9. The van der Waals surface area contributed by atoms with Gasteiger partial charge in [0.1, 0.15) is 5.58 Å². The number of hydrogen-bond donors (Lipinski definition) is 0. The second kappa shape index (κ2) is 14.1. The van der Waals surface area contributed by atoms with Crippen LogP contribution in [0.25, 0.3) is 88.0 Å². The van der Waals surface area contributed by atoms with E-state index in [1.807, 2.05) is 6.07 Å². The molecular formula is C56H37NO. The van der Waals surface area contributed by atoms with Gasteiger partial charge in [-0.05, 0) is 79.2 Å². The van der Waals surface area contributed by atoms with Crippen LogP contribution < -0.4 is 4.90 Å². The number of anilines is 3. The molecule has 1 heterocycles. The minimum absolute atomic E-state index is 0.846. The summed E-state index contributed by atoms with van der Waals surface area (Å²) < 4.78 is 6.85. The first-order chi connectivity index (χ1) is 28.8. The van der Waals surface area contributed by atoms with Gasteiger partial charge in [-0.3, -0.25) is 0 Å². The van der Waals surface area contributed by atoms with Crippen molar-refractivity contribution in [2.24, 2.45) is 0 Å². The number of rotatable bonds is 7. The molecule has 0 N–H and O–H groups in total. The van der Waals surface area contributed by atoms with E-state index < -0.39 is 0 Å². The number of furan rings is 1. The Morgan fingerprint density at radius 2 is 0.672 bits per heavy atom. The molecule has 1 aromatic heterocycles. The van der Waals surface area contributed by atoms with E-state index in [0.717, 1.165) is 50.1 Å². The lowest BCUT2D eigenvalue weighted by molar-refractivity contribution is 0.669. The van der Waals surface area contributed by atoms with Crippen molar-refractivity contribution >= 4 is 60.5 Å². The van der Waals surface area contributed by atoms with Crippen molar-refractivity contribution in [3.05, 3.63) is 224 Å². The maximum absolute atomic E-state index is 6.85. The van der Waals surface area contributed by atoms with E-state index in [1.165, 1.54) is 54.9 Å². The Hall–Kier alpha value is -7.68. The largest absolute Gasteiger partial charge is 0.454 e. The van der Waals surface area contributed by atoms with Gasteiger partial charge in [0.15, 0.2) is 5.58 Å². The molecule has 10 aromatic carbocycles. The molecule has 2 nitrogen and oxygen atoms in total. The van der Waals surface area contributed by atoms with E-state index in [9.17, 15) is 0 Å². The van der Waals surface area contributed by atoms with Crippen LogP contribution in [0.4, 0.5) is 17.1 Å². The minimum Gasteiger partial charge on any atom is -0.454 e. The SMILES string of the molecule is c1ccc(-c2cccc3cccc(-c4ccccc4N(c4ccccc4-c4cccc5cccc(-c6ccccc6)c45)c4cccc5c4oc4ccccc45)c23)cc1. The lowest BCUT2D eigenvalue weighted by atomic mass is 9.89. The molecule has 0 amide bonds. The van der Waals surface area contributed by atoms with E-state index >= 15 is 0 Å². The predicted octanol–water partition coefficient (Wildman–Crippen LogP) is 16.0. The average Bonchev–Trinajstić information content (AvgIpc) is 3.69. The van der Waals surface area contributed by atoms with Crippen LogP contribution in [0.3, 0.4) is 0 Å². The second-order valence-electron chi connectivity index (χ2n) is 14.8. The molecule has 2 heteroatoms. The monoisotopic (exact) mass is 739 g/mol. The second-order valence-corrected chi connectivity index (χ2v) is 14.8.